The molecule has 0 fully saturated rings. The molecule has 0 heterocycles. The van der Waals surface area contributed by atoms with Gasteiger partial charge in [-0.15, -0.1) is 0 Å². The fraction of sp³-hybridized carbons (Fsp3) is 0.462. The van der Waals surface area contributed by atoms with Gasteiger partial charge in [-0.3, -0.25) is 9.69 Å². The molecule has 0 aliphatic heterocycles. The summed E-state index contributed by atoms with van der Waals surface area (Å²) in [6, 6.07) is 4.65. The summed E-state index contributed by atoms with van der Waals surface area (Å²) in [4.78, 5) is 13.0. The number of aryl methyl sites for hydroxylation is 1. The van der Waals surface area contributed by atoms with Crippen LogP contribution in [0.4, 0.5) is 4.39 Å². The predicted molar refractivity (Wildman–Crippen MR) is 62.3 cm³/mol. The van der Waals surface area contributed by atoms with E-state index in [0.29, 0.717) is 0 Å². The van der Waals surface area contributed by atoms with Gasteiger partial charge >= 0.3 is 5.97 Å². The fourth-order valence-corrected chi connectivity index (χ4v) is 2.76. The van der Waals surface area contributed by atoms with Crippen LogP contribution in [0.1, 0.15) is 24.0 Å². The maximum absolute atomic E-state index is 13.1. The highest BCUT2D eigenvalue weighted by molar-refractivity contribution is 5.69. The normalized spacial score (nSPS) is 22.8. The van der Waals surface area contributed by atoms with E-state index in [9.17, 15) is 9.18 Å². The lowest BCUT2D eigenvalue weighted by Crippen LogP contribution is -2.41. The van der Waals surface area contributed by atoms with E-state index in [1.807, 2.05) is 19.0 Å². The van der Waals surface area contributed by atoms with Gasteiger partial charge in [0.2, 0.25) is 0 Å². The minimum Gasteiger partial charge on any atom is -0.481 e. The van der Waals surface area contributed by atoms with Crippen LogP contribution >= 0.6 is 0 Å². The lowest BCUT2D eigenvalue weighted by atomic mass is 9.87. The second-order valence-corrected chi connectivity index (χ2v) is 4.80. The van der Waals surface area contributed by atoms with E-state index >= 15 is 0 Å². The number of hydrogen-bond acceptors (Lipinski definition) is 2. The number of aliphatic carboxylic acids is 1. The molecule has 0 saturated carbocycles. The van der Waals surface area contributed by atoms with Gasteiger partial charge < -0.3 is 5.11 Å². The van der Waals surface area contributed by atoms with Gasteiger partial charge in [-0.25, -0.2) is 4.39 Å². The summed E-state index contributed by atoms with van der Waals surface area (Å²) in [5, 5.41) is 9.07. The van der Waals surface area contributed by atoms with Crippen molar-refractivity contribution in [2.45, 2.75) is 24.8 Å². The standard InChI is InChI=1S/C13H16FNO2/c1-15(2)13(8-12(16)17)6-5-9-7-10(14)3-4-11(9)13/h3-4,7H,5-6,8H2,1-2H3,(H,16,17). The summed E-state index contributed by atoms with van der Waals surface area (Å²) in [6.07, 6.45) is 1.52. The van der Waals surface area contributed by atoms with Gasteiger partial charge in [-0.1, -0.05) is 6.07 Å². The number of hydrogen-bond donors (Lipinski definition) is 1. The van der Waals surface area contributed by atoms with E-state index in [-0.39, 0.29) is 12.2 Å². The van der Waals surface area contributed by atoms with Crippen LogP contribution in [0.5, 0.6) is 0 Å². The third kappa shape index (κ3) is 1.93. The number of nitrogens with zero attached hydrogens (tertiary/aromatic N) is 1. The summed E-state index contributed by atoms with van der Waals surface area (Å²) in [6.45, 7) is 0. The van der Waals surface area contributed by atoms with Gasteiger partial charge in [0, 0.05) is 0 Å². The maximum atomic E-state index is 13.1. The molecule has 17 heavy (non-hydrogen) atoms. The average molecular weight is 237 g/mol. The van der Waals surface area contributed by atoms with Crippen LogP contribution in [-0.2, 0) is 16.8 Å². The smallest absolute Gasteiger partial charge is 0.305 e. The fourth-order valence-electron chi connectivity index (χ4n) is 2.76. The molecule has 1 aromatic carbocycles. The van der Waals surface area contributed by atoms with E-state index < -0.39 is 11.5 Å². The molecular formula is C13H16FNO2. The molecule has 0 spiro atoms. The molecular weight excluding hydrogens is 221 g/mol. The first-order valence-electron chi connectivity index (χ1n) is 5.64. The molecule has 92 valence electrons. The van der Waals surface area contributed by atoms with Crippen molar-refractivity contribution >= 4 is 5.97 Å². The van der Waals surface area contributed by atoms with Crippen LogP contribution in [0.25, 0.3) is 0 Å². The first kappa shape index (κ1) is 12.0. The highest BCUT2D eigenvalue weighted by Gasteiger charge is 2.42. The zero-order valence-electron chi connectivity index (χ0n) is 10.0. The number of benzene rings is 1. The molecule has 1 aliphatic carbocycles. The van der Waals surface area contributed by atoms with Gasteiger partial charge in [-0.05, 0) is 50.2 Å². The summed E-state index contributed by atoms with van der Waals surface area (Å²) >= 11 is 0. The van der Waals surface area contributed by atoms with Crippen molar-refractivity contribution in [1.82, 2.24) is 4.90 Å². The van der Waals surface area contributed by atoms with Gasteiger partial charge in [0.15, 0.2) is 0 Å². The third-order valence-electron chi connectivity index (χ3n) is 3.68. The predicted octanol–water partition coefficient (Wildman–Crippen LogP) is 2.00. The van der Waals surface area contributed by atoms with Crippen molar-refractivity contribution in [3.63, 3.8) is 0 Å². The summed E-state index contributed by atoms with van der Waals surface area (Å²) < 4.78 is 13.1. The van der Waals surface area contributed by atoms with E-state index in [4.69, 9.17) is 5.11 Å². The number of fused-ring (bicyclic) bond motifs is 1. The Morgan fingerprint density at radius 2 is 2.24 bits per heavy atom. The Kier molecular flexibility index (Phi) is 2.91. The van der Waals surface area contributed by atoms with Crippen LogP contribution in [0, 0.1) is 5.82 Å². The Hall–Kier alpha value is -1.42. The molecule has 1 aromatic rings. The Labute approximate surface area is 99.9 Å². The molecule has 0 radical (unpaired) electrons. The average Bonchev–Trinajstić information content (AvgIpc) is 2.57. The van der Waals surface area contributed by atoms with Crippen molar-refractivity contribution < 1.29 is 14.3 Å². The highest BCUT2D eigenvalue weighted by Crippen LogP contribution is 2.43. The Bertz CT molecular complexity index is 459. The lowest BCUT2D eigenvalue weighted by Gasteiger charge is -2.36. The molecule has 2 rings (SSSR count). The number of carboxylic acids is 1. The maximum Gasteiger partial charge on any atom is 0.305 e. The van der Waals surface area contributed by atoms with Gasteiger partial charge in [0.1, 0.15) is 5.82 Å². The molecule has 1 N–H and O–H groups in total. The molecule has 0 saturated heterocycles. The minimum atomic E-state index is -0.823. The van der Waals surface area contributed by atoms with Crippen molar-refractivity contribution in [3.8, 4) is 0 Å². The first-order valence-corrected chi connectivity index (χ1v) is 5.64. The zero-order valence-corrected chi connectivity index (χ0v) is 10.0. The van der Waals surface area contributed by atoms with Crippen LogP contribution in [0.3, 0.4) is 0 Å². The van der Waals surface area contributed by atoms with E-state index in [0.717, 1.165) is 24.0 Å². The Morgan fingerprint density at radius 3 is 2.82 bits per heavy atom. The van der Waals surface area contributed by atoms with Gasteiger partial charge in [-0.2, -0.15) is 0 Å². The SMILES string of the molecule is CN(C)C1(CC(=O)O)CCc2cc(F)ccc21. The Balaban J connectivity index is 2.49. The topological polar surface area (TPSA) is 40.5 Å². The van der Waals surface area contributed by atoms with Crippen LogP contribution < -0.4 is 0 Å². The van der Waals surface area contributed by atoms with Crippen molar-refractivity contribution in [2.75, 3.05) is 14.1 Å². The summed E-state index contributed by atoms with van der Waals surface area (Å²) in [7, 11) is 3.75. The molecule has 1 aliphatic rings. The molecule has 0 amide bonds. The first-order chi connectivity index (χ1) is 7.95. The van der Waals surface area contributed by atoms with E-state index in [1.165, 1.54) is 12.1 Å². The molecule has 0 bridgehead atoms. The summed E-state index contributed by atoms with van der Waals surface area (Å²) in [5.74, 6) is -1.08. The number of carbonyl (C=O) groups is 1. The Morgan fingerprint density at radius 1 is 1.53 bits per heavy atom. The molecule has 1 unspecified atom stereocenters. The molecule has 0 aromatic heterocycles. The lowest BCUT2D eigenvalue weighted by molar-refractivity contribution is -0.140. The van der Waals surface area contributed by atoms with E-state index in [1.54, 1.807) is 6.07 Å². The van der Waals surface area contributed by atoms with Crippen molar-refractivity contribution in [3.05, 3.63) is 35.1 Å². The number of carboxylic acid groups (broad SMARTS) is 1. The molecule has 3 nitrogen and oxygen atoms in total. The monoisotopic (exact) mass is 237 g/mol. The highest BCUT2D eigenvalue weighted by atomic mass is 19.1. The molecule has 1 atom stereocenters. The molecule has 4 heteroatoms. The summed E-state index contributed by atoms with van der Waals surface area (Å²) in [5.41, 5.74) is 1.39. The quantitative estimate of drug-likeness (QED) is 0.874. The third-order valence-corrected chi connectivity index (χ3v) is 3.68. The van der Waals surface area contributed by atoms with Crippen LogP contribution in [-0.4, -0.2) is 30.1 Å². The van der Waals surface area contributed by atoms with Gasteiger partial charge in [0.25, 0.3) is 0 Å². The van der Waals surface area contributed by atoms with Crippen LogP contribution in [0.2, 0.25) is 0 Å². The van der Waals surface area contributed by atoms with Crippen LogP contribution in [0.15, 0.2) is 18.2 Å². The number of halogens is 1. The van der Waals surface area contributed by atoms with E-state index in [2.05, 4.69) is 0 Å². The van der Waals surface area contributed by atoms with Crippen molar-refractivity contribution in [2.24, 2.45) is 0 Å². The largest absolute Gasteiger partial charge is 0.481 e. The second kappa shape index (κ2) is 4.11. The van der Waals surface area contributed by atoms with Crippen molar-refractivity contribution in [1.29, 1.82) is 0 Å². The minimum absolute atomic E-state index is 0.0542. The number of rotatable bonds is 3. The zero-order chi connectivity index (χ0) is 12.6. The second-order valence-electron chi connectivity index (χ2n) is 4.80. The van der Waals surface area contributed by atoms with Gasteiger partial charge in [0.05, 0.1) is 12.0 Å².